The highest BCUT2D eigenvalue weighted by molar-refractivity contribution is 7.99. The Morgan fingerprint density at radius 3 is 2.57 bits per heavy atom. The van der Waals surface area contributed by atoms with Gasteiger partial charge in [-0.1, -0.05) is 25.1 Å². The van der Waals surface area contributed by atoms with Crippen LogP contribution in [0.25, 0.3) is 0 Å². The van der Waals surface area contributed by atoms with Crippen molar-refractivity contribution >= 4 is 23.4 Å². The summed E-state index contributed by atoms with van der Waals surface area (Å²) < 4.78 is 0. The van der Waals surface area contributed by atoms with Crippen LogP contribution in [0.4, 0.5) is 0 Å². The molecule has 0 amide bonds. The van der Waals surface area contributed by atoms with Gasteiger partial charge in [0, 0.05) is 16.9 Å². The fourth-order valence-corrected chi connectivity index (χ4v) is 2.19. The van der Waals surface area contributed by atoms with E-state index in [9.17, 15) is 0 Å². The zero-order valence-corrected chi connectivity index (χ0v) is 10.6. The van der Waals surface area contributed by atoms with Gasteiger partial charge in [0.2, 0.25) is 0 Å². The lowest BCUT2D eigenvalue weighted by Gasteiger charge is -2.08. The van der Waals surface area contributed by atoms with E-state index in [1.165, 1.54) is 16.7 Å². The molecule has 14 heavy (non-hydrogen) atoms. The monoisotopic (exact) mass is 228 g/mol. The maximum absolute atomic E-state index is 5.75. The minimum Gasteiger partial charge on any atom is -0.153 e. The molecule has 0 aliphatic heterocycles. The van der Waals surface area contributed by atoms with E-state index in [4.69, 9.17) is 11.6 Å². The predicted molar refractivity (Wildman–Crippen MR) is 67.4 cm³/mol. The van der Waals surface area contributed by atoms with Crippen molar-refractivity contribution in [2.75, 3.05) is 5.88 Å². The summed E-state index contributed by atoms with van der Waals surface area (Å²) in [5.41, 5.74) is 4.14. The molecule has 78 valence electrons. The molecule has 0 saturated heterocycles. The number of thioether (sulfide) groups is 1. The fraction of sp³-hybridized carbons (Fsp3) is 0.500. The van der Waals surface area contributed by atoms with Crippen molar-refractivity contribution in [3.05, 3.63) is 34.9 Å². The first-order valence-electron chi connectivity index (χ1n) is 4.87. The smallest absolute Gasteiger partial charge is 0.0340 e. The van der Waals surface area contributed by atoms with Crippen molar-refractivity contribution < 1.29 is 0 Å². The van der Waals surface area contributed by atoms with Crippen molar-refractivity contribution in [2.24, 2.45) is 0 Å². The van der Waals surface area contributed by atoms with Gasteiger partial charge in [-0.25, -0.2) is 0 Å². The predicted octanol–water partition coefficient (Wildman–Crippen LogP) is 4.16. The van der Waals surface area contributed by atoms with Gasteiger partial charge in [-0.05, 0) is 30.5 Å². The molecule has 1 atom stereocenters. The summed E-state index contributed by atoms with van der Waals surface area (Å²) in [5.74, 6) is 1.80. The number of benzene rings is 1. The van der Waals surface area contributed by atoms with Crippen molar-refractivity contribution in [2.45, 2.75) is 31.8 Å². The Bertz CT molecular complexity index is 296. The van der Waals surface area contributed by atoms with Gasteiger partial charge in [-0.3, -0.25) is 0 Å². The van der Waals surface area contributed by atoms with E-state index in [0.717, 1.165) is 11.6 Å². The third-order valence-electron chi connectivity index (χ3n) is 2.32. The summed E-state index contributed by atoms with van der Waals surface area (Å²) in [4.78, 5) is 0. The Labute approximate surface area is 96.0 Å². The minimum atomic E-state index is 0.540. The molecule has 0 bridgehead atoms. The van der Waals surface area contributed by atoms with E-state index < -0.39 is 0 Å². The van der Waals surface area contributed by atoms with E-state index in [0.29, 0.717) is 5.25 Å². The lowest BCUT2D eigenvalue weighted by atomic mass is 10.1. The van der Waals surface area contributed by atoms with Crippen molar-refractivity contribution in [1.29, 1.82) is 0 Å². The van der Waals surface area contributed by atoms with Crippen LogP contribution in [0.5, 0.6) is 0 Å². The van der Waals surface area contributed by atoms with Crippen LogP contribution in [0.3, 0.4) is 0 Å². The quantitative estimate of drug-likeness (QED) is 0.698. The maximum Gasteiger partial charge on any atom is 0.0340 e. The normalized spacial score (nSPS) is 12.9. The SMILES string of the molecule is Cc1ccc(CSC(C)CCl)cc1C. The van der Waals surface area contributed by atoms with Crippen LogP contribution < -0.4 is 0 Å². The summed E-state index contributed by atoms with van der Waals surface area (Å²) >= 11 is 7.67. The highest BCUT2D eigenvalue weighted by Crippen LogP contribution is 2.20. The second kappa shape index (κ2) is 5.67. The fourth-order valence-electron chi connectivity index (χ4n) is 1.18. The number of hydrogen-bond donors (Lipinski definition) is 0. The lowest BCUT2D eigenvalue weighted by Crippen LogP contribution is -1.97. The Kier molecular flexibility index (Phi) is 4.83. The summed E-state index contributed by atoms with van der Waals surface area (Å²) in [6, 6.07) is 6.66. The molecule has 1 rings (SSSR count). The van der Waals surface area contributed by atoms with Gasteiger partial charge in [0.25, 0.3) is 0 Å². The van der Waals surface area contributed by atoms with Crippen LogP contribution in [-0.4, -0.2) is 11.1 Å². The minimum absolute atomic E-state index is 0.540. The Balaban J connectivity index is 2.55. The molecule has 0 heterocycles. The van der Waals surface area contributed by atoms with Gasteiger partial charge in [-0.2, -0.15) is 11.8 Å². The maximum atomic E-state index is 5.75. The van der Waals surface area contributed by atoms with Crippen LogP contribution in [0.2, 0.25) is 0 Å². The van der Waals surface area contributed by atoms with Crippen LogP contribution >= 0.6 is 23.4 Å². The first kappa shape index (κ1) is 11.9. The molecule has 2 heteroatoms. The molecule has 1 aromatic rings. The molecule has 1 aromatic carbocycles. The van der Waals surface area contributed by atoms with Crippen LogP contribution in [0.1, 0.15) is 23.6 Å². The van der Waals surface area contributed by atoms with E-state index in [-0.39, 0.29) is 0 Å². The molecular formula is C12H17ClS. The Morgan fingerprint density at radius 2 is 2.00 bits per heavy atom. The first-order valence-corrected chi connectivity index (χ1v) is 6.45. The van der Waals surface area contributed by atoms with Crippen molar-refractivity contribution in [3.8, 4) is 0 Å². The Hall–Kier alpha value is -0.140. The molecule has 1 unspecified atom stereocenters. The van der Waals surface area contributed by atoms with Crippen LogP contribution in [-0.2, 0) is 5.75 Å². The summed E-state index contributed by atoms with van der Waals surface area (Å²) in [6.07, 6.45) is 0. The summed E-state index contributed by atoms with van der Waals surface area (Å²) in [7, 11) is 0. The zero-order valence-electron chi connectivity index (χ0n) is 9.01. The molecule has 0 aliphatic rings. The van der Waals surface area contributed by atoms with E-state index >= 15 is 0 Å². The van der Waals surface area contributed by atoms with Crippen molar-refractivity contribution in [1.82, 2.24) is 0 Å². The summed E-state index contributed by atoms with van der Waals surface area (Å²) in [5, 5.41) is 0.540. The van der Waals surface area contributed by atoms with Crippen LogP contribution in [0, 0.1) is 13.8 Å². The first-order chi connectivity index (χ1) is 6.63. The molecular weight excluding hydrogens is 212 g/mol. The van der Waals surface area contributed by atoms with Crippen molar-refractivity contribution in [3.63, 3.8) is 0 Å². The average molecular weight is 229 g/mol. The number of alkyl halides is 1. The third-order valence-corrected chi connectivity index (χ3v) is 4.20. The van der Waals surface area contributed by atoms with E-state index in [1.54, 1.807) is 0 Å². The molecule has 0 saturated carbocycles. The molecule has 0 nitrogen and oxygen atoms in total. The second-order valence-electron chi connectivity index (χ2n) is 3.69. The van der Waals surface area contributed by atoms with E-state index in [2.05, 4.69) is 39.0 Å². The number of halogens is 1. The van der Waals surface area contributed by atoms with Gasteiger partial charge >= 0.3 is 0 Å². The second-order valence-corrected chi connectivity index (χ2v) is 5.43. The van der Waals surface area contributed by atoms with Gasteiger partial charge in [0.05, 0.1) is 0 Å². The number of rotatable bonds is 4. The highest BCUT2D eigenvalue weighted by atomic mass is 35.5. The van der Waals surface area contributed by atoms with Gasteiger partial charge in [0.1, 0.15) is 0 Å². The summed E-state index contributed by atoms with van der Waals surface area (Å²) in [6.45, 7) is 6.47. The van der Waals surface area contributed by atoms with Gasteiger partial charge < -0.3 is 0 Å². The number of aryl methyl sites for hydroxylation is 2. The molecule has 0 spiro atoms. The van der Waals surface area contributed by atoms with Gasteiger partial charge in [0.15, 0.2) is 0 Å². The molecule has 0 fully saturated rings. The lowest BCUT2D eigenvalue weighted by molar-refractivity contribution is 1.12. The molecule has 0 aromatic heterocycles. The topological polar surface area (TPSA) is 0 Å². The van der Waals surface area contributed by atoms with E-state index in [1.807, 2.05) is 11.8 Å². The zero-order chi connectivity index (χ0) is 10.6. The Morgan fingerprint density at radius 1 is 1.29 bits per heavy atom. The standard InChI is InChI=1S/C12H17ClS/c1-9-4-5-12(6-10(9)2)8-14-11(3)7-13/h4-6,11H,7-8H2,1-3H3. The third kappa shape index (κ3) is 3.55. The molecule has 0 N–H and O–H groups in total. The molecule has 0 radical (unpaired) electrons. The van der Waals surface area contributed by atoms with Crippen LogP contribution in [0.15, 0.2) is 18.2 Å². The number of hydrogen-bond acceptors (Lipinski definition) is 1. The largest absolute Gasteiger partial charge is 0.153 e. The van der Waals surface area contributed by atoms with Gasteiger partial charge in [-0.15, -0.1) is 11.6 Å². The molecule has 0 aliphatic carbocycles. The highest BCUT2D eigenvalue weighted by Gasteiger charge is 2.01. The average Bonchev–Trinajstić information content (AvgIpc) is 2.19.